The predicted molar refractivity (Wildman–Crippen MR) is 580 cm³/mol. The van der Waals surface area contributed by atoms with Gasteiger partial charge in [0.2, 0.25) is 0 Å². The molecule has 4 aromatic carbocycles. The average molecular weight is 1950 g/mol. The van der Waals surface area contributed by atoms with E-state index in [4.69, 9.17) is 70.8 Å². The van der Waals surface area contributed by atoms with E-state index in [-0.39, 0.29) is 59.4 Å². The fourth-order valence-corrected chi connectivity index (χ4v) is 67.6. The Morgan fingerprint density at radius 2 is 0.379 bits per heavy atom. The molecule has 0 saturated carbocycles. The van der Waals surface area contributed by atoms with Gasteiger partial charge in [-0.05, 0) is 264 Å². The first kappa shape index (κ1) is 137. The summed E-state index contributed by atoms with van der Waals surface area (Å²) >= 11 is 0. The normalized spacial score (nSPS) is 12.1. The lowest BCUT2D eigenvalue weighted by atomic mass is 10.1. The van der Waals surface area contributed by atoms with Gasteiger partial charge in [0.1, 0.15) is 0 Å². The number of hydrogen-bond acceptors (Lipinski definition) is 16. The van der Waals surface area contributed by atoms with Gasteiger partial charge in [-0.25, -0.2) is 0 Å². The Bertz CT molecular complexity index is 3250. The molecule has 0 aromatic heterocycles. The van der Waals surface area contributed by atoms with E-state index in [2.05, 4.69) is 295 Å². The van der Waals surface area contributed by atoms with Gasteiger partial charge < -0.3 is 70.8 Å². The number of benzene rings is 4. The van der Waals surface area contributed by atoms with E-state index in [1.165, 1.54) is 54.5 Å². The molecule has 0 bridgehead atoms. The van der Waals surface area contributed by atoms with Crippen LogP contribution in [0.25, 0.3) is 24.3 Å². The van der Waals surface area contributed by atoms with Crippen LogP contribution in [0.15, 0.2) is 123 Å². The van der Waals surface area contributed by atoms with Gasteiger partial charge in [-0.2, -0.15) is 0 Å². The fourth-order valence-electron chi connectivity index (χ4n) is 13.5. The van der Waals surface area contributed by atoms with Crippen LogP contribution in [0, 0.1) is 0 Å². The van der Waals surface area contributed by atoms with Crippen LogP contribution in [0.2, 0.25) is 206 Å². The summed E-state index contributed by atoms with van der Waals surface area (Å²) in [7, 11) is -21.8. The second kappa shape index (κ2) is 69.6. The van der Waals surface area contributed by atoms with Crippen molar-refractivity contribution in [3.05, 3.63) is 168 Å². The molecule has 0 fully saturated rings. The fraction of sp³-hybridized carbons (Fsp3) is 0.667. The molecule has 0 unspecified atom stereocenters. The van der Waals surface area contributed by atoms with E-state index < -0.39 is 101 Å². The van der Waals surface area contributed by atoms with Gasteiger partial charge in [-0.1, -0.05) is 247 Å². The Labute approximate surface area is 782 Å². The summed E-state index contributed by atoms with van der Waals surface area (Å²) in [4.78, 5) is 0. The first-order valence-corrected chi connectivity index (χ1v) is 79.7. The molecule has 124 heavy (non-hydrogen) atoms. The number of ether oxygens (including phenoxy) is 8. The van der Waals surface area contributed by atoms with Crippen molar-refractivity contribution >= 4 is 125 Å². The van der Waals surface area contributed by atoms with E-state index in [0.717, 1.165) is 84.7 Å². The first-order chi connectivity index (χ1) is 53.8. The lowest BCUT2D eigenvalue weighted by Crippen LogP contribution is -2.52. The second-order valence-corrected chi connectivity index (χ2v) is 87.9. The Hall–Kier alpha value is -2.20. The summed E-state index contributed by atoms with van der Waals surface area (Å²) in [5.41, 5.74) is 9.17. The molecule has 0 atom stereocenters. The van der Waals surface area contributed by atoms with Gasteiger partial charge >= 0.3 is 34.2 Å². The van der Waals surface area contributed by atoms with Crippen LogP contribution in [0.4, 0.5) is 0 Å². The van der Waals surface area contributed by atoms with Crippen LogP contribution < -0.4 is 0 Å². The van der Waals surface area contributed by atoms with Crippen LogP contribution in [0.3, 0.4) is 0 Å². The molecule has 0 radical (unpaired) electrons. The maximum atomic E-state index is 6.66. The van der Waals surface area contributed by atoms with E-state index in [1.807, 2.05) is 36.4 Å². The summed E-state index contributed by atoms with van der Waals surface area (Å²) < 4.78 is 98.0. The van der Waals surface area contributed by atoms with E-state index in [1.54, 1.807) is 0 Å². The third kappa shape index (κ3) is 75.3. The Balaban J connectivity index is -0.000000236. The Morgan fingerprint density at radius 3 is 0.565 bits per heavy atom. The molecule has 0 spiro atoms. The number of unbranched alkanes of at least 4 members (excludes halogenated alkanes) is 2. The molecule has 0 saturated heterocycles. The molecule has 28 heteroatoms. The van der Waals surface area contributed by atoms with Gasteiger partial charge in [0, 0.05) is 26.4 Å². The van der Waals surface area contributed by atoms with Crippen LogP contribution in [-0.2, 0) is 97.2 Å². The Kier molecular flexibility index (Phi) is 77.1. The second-order valence-electron chi connectivity index (χ2n) is 37.6. The van der Waals surface area contributed by atoms with Crippen molar-refractivity contribution < 1.29 is 70.8 Å². The smallest absolute Gasteiger partial charge is 0.311 e. The Morgan fingerprint density at radius 1 is 0.210 bits per heavy atom. The minimum Gasteiger partial charge on any atom is -0.437 e. The highest BCUT2D eigenvalue weighted by Crippen LogP contribution is 2.30. The van der Waals surface area contributed by atoms with Crippen LogP contribution in [0.1, 0.15) is 156 Å². The molecule has 4 aromatic rings. The molecule has 4 rings (SSSR count). The number of rotatable bonds is 60. The van der Waals surface area contributed by atoms with Crippen molar-refractivity contribution in [1.82, 2.24) is 0 Å². The third-order valence-corrected chi connectivity index (χ3v) is 60.7. The molecular weight excluding hydrogens is 1750 g/mol. The van der Waals surface area contributed by atoms with Gasteiger partial charge in [-0.3, -0.25) is 0 Å². The summed E-state index contributed by atoms with van der Waals surface area (Å²) in [6.07, 6.45) is 14.4. The molecule has 0 aliphatic heterocycles. The lowest BCUT2D eigenvalue weighted by molar-refractivity contribution is 0.0406. The monoisotopic (exact) mass is 1950 g/mol. The highest BCUT2D eigenvalue weighted by Gasteiger charge is 2.42. The van der Waals surface area contributed by atoms with Gasteiger partial charge in [0.05, 0.1) is 79.3 Å². The molecule has 16 nitrogen and oxygen atoms in total. The summed E-state index contributed by atoms with van der Waals surface area (Å²) in [5, 5.41) is 0. The average Bonchev–Trinajstić information content (AvgIpc) is 0.844. The van der Waals surface area contributed by atoms with Crippen molar-refractivity contribution in [1.29, 1.82) is 0 Å². The standard InChI is InChI=1S/C24H46O4Si3.C23H44O4Si3.C21H40O4Si3.C20H38O4Si3.8CH4/c1-9-11-20-29(3,4)27-31(7,8)28-30(5,6)21-12-17-25-18-19-26-22-24-15-13-23(10-2)14-16-24;1-9-11-19-28(3,4)26-30(7,8)27-29(5,6)20-18-24-16-17-25-21-23-14-12-22(10-2)13-15-23;1-9-20-11-13-21(14-12-20)19-23-17-16-22-15-10-18-27(5,6)25-28(7,8)24-26(2,3)4;1-9-19-10-12-20(13-11-19)18-22-15-14-21-16-17-26(5,6)24-27(7,8)23-25(2,3)4;;;;;;;;/h10,13-16H,2,9,11-12,17-22H2,1,3-8H3;10,12-15H,2,9,11,16-21H2,1,3-8H3;9,11-14H,1,10,15-19H2,2-8H3;9-13H,1,14-18H2,2-8H3;8*1H4. The van der Waals surface area contributed by atoms with E-state index in [9.17, 15) is 0 Å². The molecule has 0 heterocycles. The van der Waals surface area contributed by atoms with Gasteiger partial charge in [0.15, 0.2) is 66.5 Å². The quantitative estimate of drug-likeness (QED) is 0.0305. The summed E-state index contributed by atoms with van der Waals surface area (Å²) in [6.45, 7) is 88.4. The van der Waals surface area contributed by atoms with Crippen LogP contribution in [-0.4, -0.2) is 180 Å². The zero-order chi connectivity index (χ0) is 87.9. The van der Waals surface area contributed by atoms with Gasteiger partial charge in [-0.15, -0.1) is 0 Å². The highest BCUT2D eigenvalue weighted by atomic mass is 28.5. The SMILES string of the molecule is C.C.C.C.C.C.C.C.C=Cc1ccc(COCCOCCC[Si](C)(C)O[Si](C)(C)O[Si](C)(C)C)cc1.C=Cc1ccc(COCCOCCC[Si](C)(C)O[Si](C)(C)O[Si](C)(C)CCCC)cc1.C=Cc1ccc(COCCOCC[Si](C)(C)O[Si](C)(C)O[Si](C)(C)C)cc1.C=Cc1ccc(COCCOCC[Si](C)(C)O[Si](C)(C)O[Si](C)(C)CCCC)cc1. The highest BCUT2D eigenvalue weighted by molar-refractivity contribution is 6.90. The first-order valence-electron chi connectivity index (χ1n) is 42.9. The van der Waals surface area contributed by atoms with Crippen LogP contribution in [0.5, 0.6) is 0 Å². The largest absolute Gasteiger partial charge is 0.437 e. The topological polar surface area (TPSA) is 148 Å². The maximum Gasteiger partial charge on any atom is 0.311 e. The van der Waals surface area contributed by atoms with E-state index >= 15 is 0 Å². The van der Waals surface area contributed by atoms with Crippen molar-refractivity contribution in [2.24, 2.45) is 0 Å². The summed E-state index contributed by atoms with van der Waals surface area (Å²) in [6, 6.07) is 39.6. The van der Waals surface area contributed by atoms with Crippen molar-refractivity contribution in [3.8, 4) is 0 Å². The number of hydrogen-bond donors (Lipinski definition) is 0. The van der Waals surface area contributed by atoms with Crippen molar-refractivity contribution in [2.45, 2.75) is 345 Å². The van der Waals surface area contributed by atoms with Crippen molar-refractivity contribution in [2.75, 3.05) is 79.3 Å². The zero-order valence-corrected chi connectivity index (χ0v) is 90.7. The van der Waals surface area contributed by atoms with Crippen LogP contribution >= 0.6 is 0 Å². The zero-order valence-electron chi connectivity index (χ0n) is 78.7. The minimum absolute atomic E-state index is 0. The van der Waals surface area contributed by atoms with Gasteiger partial charge in [0.25, 0.3) is 0 Å². The molecule has 0 aliphatic carbocycles. The van der Waals surface area contributed by atoms with Crippen molar-refractivity contribution in [3.63, 3.8) is 0 Å². The predicted octanol–water partition coefficient (Wildman–Crippen LogP) is 30.8. The molecule has 0 amide bonds. The molecule has 0 aliphatic rings. The maximum absolute atomic E-state index is 6.66. The lowest BCUT2D eigenvalue weighted by Gasteiger charge is -2.38. The minimum atomic E-state index is -2.11. The molecule has 728 valence electrons. The molecule has 0 N–H and O–H groups in total. The van der Waals surface area contributed by atoms with E-state index in [0.29, 0.717) is 85.9 Å². The summed E-state index contributed by atoms with van der Waals surface area (Å²) in [5.74, 6) is 0. The third-order valence-electron chi connectivity index (χ3n) is 17.8. The molecular formula is C96H200O16Si12.